The van der Waals surface area contributed by atoms with Gasteiger partial charge >= 0.3 is 0 Å². The second-order valence-electron chi connectivity index (χ2n) is 5.75. The van der Waals surface area contributed by atoms with Crippen molar-refractivity contribution in [2.24, 2.45) is 0 Å². The first-order valence-electron chi connectivity index (χ1n) is 7.79. The van der Waals surface area contributed by atoms with E-state index in [2.05, 4.69) is 21.9 Å². The van der Waals surface area contributed by atoms with Crippen molar-refractivity contribution < 1.29 is 9.32 Å². The maximum absolute atomic E-state index is 12.3. The first-order chi connectivity index (χ1) is 11.3. The van der Waals surface area contributed by atoms with E-state index in [1.165, 1.54) is 5.56 Å². The fourth-order valence-corrected chi connectivity index (χ4v) is 2.96. The van der Waals surface area contributed by atoms with Gasteiger partial charge in [0.1, 0.15) is 5.69 Å². The number of nitrogens with one attached hydrogen (secondary N) is 2. The van der Waals surface area contributed by atoms with Crippen molar-refractivity contribution in [1.82, 2.24) is 5.16 Å². The summed E-state index contributed by atoms with van der Waals surface area (Å²) >= 11 is 0. The third-order valence-electron chi connectivity index (χ3n) is 4.11. The number of hydrogen-bond acceptors (Lipinski definition) is 4. The molecule has 0 fully saturated rings. The second kappa shape index (κ2) is 6.93. The van der Waals surface area contributed by atoms with Crippen molar-refractivity contribution in [3.05, 3.63) is 53.7 Å². The normalized spacial score (nSPS) is 12.8. The molecule has 0 saturated carbocycles. The van der Waals surface area contributed by atoms with E-state index in [-0.39, 0.29) is 24.7 Å². The van der Waals surface area contributed by atoms with E-state index in [0.717, 1.165) is 36.1 Å². The Labute approximate surface area is 145 Å². The lowest BCUT2D eigenvalue weighted by Crippen LogP contribution is -2.16. The molecule has 2 heterocycles. The Morgan fingerprint density at radius 1 is 1.25 bits per heavy atom. The topological polar surface area (TPSA) is 67.2 Å². The summed E-state index contributed by atoms with van der Waals surface area (Å²) in [5.41, 5.74) is 4.58. The predicted octanol–water partition coefficient (Wildman–Crippen LogP) is 3.79. The number of carbonyl (C=O) groups is 1. The van der Waals surface area contributed by atoms with E-state index in [4.69, 9.17) is 4.52 Å². The van der Waals surface area contributed by atoms with Crippen LogP contribution in [0.1, 0.15) is 17.7 Å². The van der Waals surface area contributed by atoms with Gasteiger partial charge in [-0.2, -0.15) is 0 Å². The van der Waals surface area contributed by atoms with Crippen LogP contribution in [0.4, 0.5) is 11.4 Å². The smallest absolute Gasteiger partial charge is 0.230 e. The lowest BCUT2D eigenvalue weighted by atomic mass is 10.0. The zero-order valence-corrected chi connectivity index (χ0v) is 13.9. The Morgan fingerprint density at radius 3 is 3.04 bits per heavy atom. The average molecular weight is 344 g/mol. The predicted molar refractivity (Wildman–Crippen MR) is 96.8 cm³/mol. The summed E-state index contributed by atoms with van der Waals surface area (Å²) in [5, 5.41) is 11.2. The van der Waals surface area contributed by atoms with E-state index in [1.807, 2.05) is 36.4 Å². The van der Waals surface area contributed by atoms with Crippen molar-refractivity contribution >= 4 is 40.7 Å². The van der Waals surface area contributed by atoms with Crippen LogP contribution in [0.3, 0.4) is 0 Å². The zero-order valence-electron chi connectivity index (χ0n) is 13.0. The average Bonchev–Trinajstić information content (AvgIpc) is 2.98. The number of anilines is 2. The summed E-state index contributed by atoms with van der Waals surface area (Å²) in [6.45, 7) is 0.981. The molecular weight excluding hydrogens is 326 g/mol. The van der Waals surface area contributed by atoms with Gasteiger partial charge in [0.05, 0.1) is 6.42 Å². The highest BCUT2D eigenvalue weighted by molar-refractivity contribution is 5.95. The summed E-state index contributed by atoms with van der Waals surface area (Å²) in [5.74, 6) is -0.0974. The number of para-hydroxylation sites is 1. The highest BCUT2D eigenvalue weighted by Gasteiger charge is 2.13. The van der Waals surface area contributed by atoms with Crippen LogP contribution in [-0.4, -0.2) is 17.6 Å². The standard InChI is InChI=1S/C18H17N3O2.ClH/c22-18(11-16-14-5-1-2-6-17(14)23-21-16)20-13-8-7-12-4-3-9-19-15(12)10-13;/h1-2,5-8,10,19H,3-4,9,11H2,(H,20,22);1H. The van der Waals surface area contributed by atoms with Gasteiger partial charge in [0.2, 0.25) is 5.91 Å². The first-order valence-corrected chi connectivity index (χ1v) is 7.79. The number of carbonyl (C=O) groups excluding carboxylic acids is 1. The largest absolute Gasteiger partial charge is 0.385 e. The minimum Gasteiger partial charge on any atom is -0.385 e. The molecule has 0 saturated heterocycles. The molecule has 24 heavy (non-hydrogen) atoms. The SMILES string of the molecule is Cl.O=C(Cc1noc2ccccc12)Nc1ccc2c(c1)NCCC2. The van der Waals surface area contributed by atoms with Crippen LogP contribution in [0.2, 0.25) is 0 Å². The van der Waals surface area contributed by atoms with Crippen LogP contribution in [0.25, 0.3) is 11.0 Å². The highest BCUT2D eigenvalue weighted by Crippen LogP contribution is 2.25. The van der Waals surface area contributed by atoms with Gasteiger partial charge in [-0.3, -0.25) is 4.79 Å². The third-order valence-corrected chi connectivity index (χ3v) is 4.11. The fourth-order valence-electron chi connectivity index (χ4n) is 2.96. The number of nitrogens with zero attached hydrogens (tertiary/aromatic N) is 1. The Hall–Kier alpha value is -2.53. The fraction of sp³-hybridized carbons (Fsp3) is 0.222. The molecule has 0 bridgehead atoms. The Kier molecular flexibility index (Phi) is 4.71. The van der Waals surface area contributed by atoms with E-state index < -0.39 is 0 Å². The molecule has 2 N–H and O–H groups in total. The van der Waals surface area contributed by atoms with Crippen LogP contribution in [0.5, 0.6) is 0 Å². The van der Waals surface area contributed by atoms with Crippen LogP contribution in [-0.2, 0) is 17.6 Å². The lowest BCUT2D eigenvalue weighted by Gasteiger charge is -2.18. The highest BCUT2D eigenvalue weighted by atomic mass is 35.5. The Morgan fingerprint density at radius 2 is 2.12 bits per heavy atom. The zero-order chi connectivity index (χ0) is 15.6. The monoisotopic (exact) mass is 343 g/mol. The minimum absolute atomic E-state index is 0. The lowest BCUT2D eigenvalue weighted by molar-refractivity contribution is -0.115. The quantitative estimate of drug-likeness (QED) is 0.759. The molecule has 0 spiro atoms. The molecule has 1 amide bonds. The maximum atomic E-state index is 12.3. The Balaban J connectivity index is 0.00000169. The maximum Gasteiger partial charge on any atom is 0.230 e. The summed E-state index contributed by atoms with van der Waals surface area (Å²) in [6, 6.07) is 13.6. The number of amides is 1. The number of benzene rings is 2. The molecule has 3 aromatic rings. The van der Waals surface area contributed by atoms with Gasteiger partial charge in [-0.25, -0.2) is 0 Å². The molecule has 1 aliphatic rings. The van der Waals surface area contributed by atoms with E-state index in [1.54, 1.807) is 0 Å². The minimum atomic E-state index is -0.0974. The van der Waals surface area contributed by atoms with Gasteiger partial charge < -0.3 is 15.2 Å². The van der Waals surface area contributed by atoms with Gasteiger partial charge in [-0.15, -0.1) is 12.4 Å². The van der Waals surface area contributed by atoms with Crippen LogP contribution >= 0.6 is 12.4 Å². The van der Waals surface area contributed by atoms with Crippen molar-refractivity contribution in [2.45, 2.75) is 19.3 Å². The van der Waals surface area contributed by atoms with Crippen molar-refractivity contribution in [3.8, 4) is 0 Å². The molecule has 2 aromatic carbocycles. The molecule has 1 aromatic heterocycles. The van der Waals surface area contributed by atoms with E-state index >= 15 is 0 Å². The molecule has 0 aliphatic carbocycles. The number of fused-ring (bicyclic) bond motifs is 2. The first kappa shape index (κ1) is 16.3. The van der Waals surface area contributed by atoms with E-state index in [0.29, 0.717) is 11.3 Å². The molecule has 0 radical (unpaired) electrons. The molecule has 0 atom stereocenters. The number of hydrogen-bond donors (Lipinski definition) is 2. The molecular formula is C18H18ClN3O2. The summed E-state index contributed by atoms with van der Waals surface area (Å²) in [7, 11) is 0. The van der Waals surface area contributed by atoms with Crippen LogP contribution in [0.15, 0.2) is 47.0 Å². The van der Waals surface area contributed by atoms with Crippen LogP contribution in [0, 0.1) is 0 Å². The van der Waals surface area contributed by atoms with Gasteiger partial charge in [0.15, 0.2) is 5.58 Å². The number of rotatable bonds is 3. The second-order valence-corrected chi connectivity index (χ2v) is 5.75. The number of halogens is 1. The molecule has 0 unspecified atom stereocenters. The van der Waals surface area contributed by atoms with Gasteiger partial charge in [0.25, 0.3) is 0 Å². The van der Waals surface area contributed by atoms with E-state index in [9.17, 15) is 4.79 Å². The van der Waals surface area contributed by atoms with Crippen molar-refractivity contribution in [2.75, 3.05) is 17.2 Å². The van der Waals surface area contributed by atoms with Crippen molar-refractivity contribution in [1.29, 1.82) is 0 Å². The molecule has 124 valence electrons. The number of aryl methyl sites for hydroxylation is 1. The third kappa shape index (κ3) is 3.21. The summed E-state index contributed by atoms with van der Waals surface area (Å²) < 4.78 is 5.23. The summed E-state index contributed by atoms with van der Waals surface area (Å²) in [6.07, 6.45) is 2.43. The van der Waals surface area contributed by atoms with Crippen molar-refractivity contribution in [3.63, 3.8) is 0 Å². The number of aromatic nitrogens is 1. The van der Waals surface area contributed by atoms with Gasteiger partial charge in [0, 0.05) is 23.3 Å². The van der Waals surface area contributed by atoms with Gasteiger partial charge in [-0.05, 0) is 42.7 Å². The Bertz CT molecular complexity index is 876. The molecule has 5 nitrogen and oxygen atoms in total. The molecule has 1 aliphatic heterocycles. The van der Waals surface area contributed by atoms with Crippen LogP contribution < -0.4 is 10.6 Å². The molecule has 6 heteroatoms. The summed E-state index contributed by atoms with van der Waals surface area (Å²) in [4.78, 5) is 12.3. The molecule has 4 rings (SSSR count). The van der Waals surface area contributed by atoms with Gasteiger partial charge in [-0.1, -0.05) is 23.4 Å².